The van der Waals surface area contributed by atoms with Crippen LogP contribution >= 0.6 is 0 Å². The fraction of sp³-hybridized carbons (Fsp3) is 0.846. The van der Waals surface area contributed by atoms with Gasteiger partial charge in [0.1, 0.15) is 0 Å². The fourth-order valence-corrected chi connectivity index (χ4v) is 2.48. The first-order valence-electron chi connectivity index (χ1n) is 6.77. The van der Waals surface area contributed by atoms with Gasteiger partial charge in [0, 0.05) is 18.5 Å². The number of hydrogen-bond acceptors (Lipinski definition) is 3. The van der Waals surface area contributed by atoms with E-state index in [4.69, 9.17) is 11.5 Å². The third kappa shape index (κ3) is 3.70. The highest BCUT2D eigenvalue weighted by atomic mass is 16.2. The van der Waals surface area contributed by atoms with Gasteiger partial charge < -0.3 is 16.4 Å². The molecule has 5 heteroatoms. The Labute approximate surface area is 109 Å². The van der Waals surface area contributed by atoms with E-state index in [2.05, 4.69) is 0 Å². The molecule has 0 aromatic rings. The van der Waals surface area contributed by atoms with E-state index < -0.39 is 0 Å². The van der Waals surface area contributed by atoms with Crippen molar-refractivity contribution < 1.29 is 9.59 Å². The summed E-state index contributed by atoms with van der Waals surface area (Å²) in [5.41, 5.74) is 10.8. The van der Waals surface area contributed by atoms with Crippen LogP contribution in [-0.4, -0.2) is 35.8 Å². The van der Waals surface area contributed by atoms with Crippen LogP contribution in [0, 0.1) is 11.8 Å². The molecule has 1 saturated heterocycles. The van der Waals surface area contributed by atoms with Gasteiger partial charge in [-0.25, -0.2) is 0 Å². The zero-order valence-electron chi connectivity index (χ0n) is 11.4. The first kappa shape index (κ1) is 15.0. The van der Waals surface area contributed by atoms with E-state index in [-0.39, 0.29) is 29.7 Å². The van der Waals surface area contributed by atoms with E-state index >= 15 is 0 Å². The summed E-state index contributed by atoms with van der Waals surface area (Å²) < 4.78 is 0. The molecule has 0 spiro atoms. The van der Waals surface area contributed by atoms with Crippen LogP contribution in [0.5, 0.6) is 0 Å². The van der Waals surface area contributed by atoms with E-state index in [0.29, 0.717) is 13.1 Å². The van der Waals surface area contributed by atoms with Crippen molar-refractivity contribution in [2.45, 2.75) is 45.6 Å². The normalized spacial score (nSPS) is 25.8. The SMILES string of the molecule is CC(CCCN)C(=O)N1CC(C(N)=O)CCC1C. The maximum Gasteiger partial charge on any atom is 0.225 e. The van der Waals surface area contributed by atoms with Gasteiger partial charge in [-0.05, 0) is 39.2 Å². The molecule has 0 saturated carbocycles. The summed E-state index contributed by atoms with van der Waals surface area (Å²) in [4.78, 5) is 25.4. The molecular formula is C13H25N3O2. The first-order chi connectivity index (χ1) is 8.47. The van der Waals surface area contributed by atoms with Gasteiger partial charge in [0.25, 0.3) is 0 Å². The second-order valence-electron chi connectivity index (χ2n) is 5.35. The zero-order valence-corrected chi connectivity index (χ0v) is 11.4. The van der Waals surface area contributed by atoms with Crippen molar-refractivity contribution in [1.82, 2.24) is 4.90 Å². The predicted molar refractivity (Wildman–Crippen MR) is 70.5 cm³/mol. The lowest BCUT2D eigenvalue weighted by molar-refractivity contribution is -0.141. The summed E-state index contributed by atoms with van der Waals surface area (Å²) >= 11 is 0. The predicted octanol–water partition coefficient (Wildman–Crippen LogP) is 0.474. The molecule has 1 rings (SSSR count). The Hall–Kier alpha value is -1.10. The Morgan fingerprint density at radius 1 is 1.39 bits per heavy atom. The summed E-state index contributed by atoms with van der Waals surface area (Å²) in [6.45, 7) is 5.04. The van der Waals surface area contributed by atoms with Gasteiger partial charge in [0.05, 0.1) is 5.92 Å². The molecule has 1 aliphatic heterocycles. The highest BCUT2D eigenvalue weighted by molar-refractivity contribution is 5.81. The number of piperidine rings is 1. The highest BCUT2D eigenvalue weighted by Gasteiger charge is 2.33. The molecule has 0 radical (unpaired) electrons. The summed E-state index contributed by atoms with van der Waals surface area (Å²) in [5.74, 6) is -0.384. The lowest BCUT2D eigenvalue weighted by Crippen LogP contribution is -2.50. The Kier molecular flexibility index (Phi) is 5.59. The van der Waals surface area contributed by atoms with Gasteiger partial charge in [0.15, 0.2) is 0 Å². The van der Waals surface area contributed by atoms with Crippen molar-refractivity contribution in [3.05, 3.63) is 0 Å². The average molecular weight is 255 g/mol. The van der Waals surface area contributed by atoms with Crippen LogP contribution in [0.3, 0.4) is 0 Å². The molecule has 1 heterocycles. The van der Waals surface area contributed by atoms with Crippen molar-refractivity contribution in [2.24, 2.45) is 23.3 Å². The molecule has 4 N–H and O–H groups in total. The van der Waals surface area contributed by atoms with E-state index in [9.17, 15) is 9.59 Å². The maximum absolute atomic E-state index is 12.3. The Balaban J connectivity index is 2.61. The number of carbonyl (C=O) groups excluding carboxylic acids is 2. The number of nitrogens with zero attached hydrogens (tertiary/aromatic N) is 1. The highest BCUT2D eigenvalue weighted by Crippen LogP contribution is 2.24. The van der Waals surface area contributed by atoms with Crippen LogP contribution in [0.4, 0.5) is 0 Å². The number of amides is 2. The molecule has 3 atom stereocenters. The number of likely N-dealkylation sites (tertiary alicyclic amines) is 1. The molecule has 1 fully saturated rings. The van der Waals surface area contributed by atoms with E-state index in [1.807, 2.05) is 18.7 Å². The standard InChI is InChI=1S/C13H25N3O2/c1-9(4-3-7-14)13(18)16-8-11(12(15)17)6-5-10(16)2/h9-11H,3-8,14H2,1-2H3,(H2,15,17). The molecule has 5 nitrogen and oxygen atoms in total. The van der Waals surface area contributed by atoms with Crippen molar-refractivity contribution >= 4 is 11.8 Å². The van der Waals surface area contributed by atoms with E-state index in [1.54, 1.807) is 0 Å². The third-order valence-electron chi connectivity index (χ3n) is 3.83. The van der Waals surface area contributed by atoms with Crippen LogP contribution in [0.15, 0.2) is 0 Å². The smallest absolute Gasteiger partial charge is 0.225 e. The maximum atomic E-state index is 12.3. The summed E-state index contributed by atoms with van der Waals surface area (Å²) in [6, 6.07) is 0.202. The molecule has 0 aromatic heterocycles. The van der Waals surface area contributed by atoms with Crippen molar-refractivity contribution in [3.63, 3.8) is 0 Å². The summed E-state index contributed by atoms with van der Waals surface area (Å²) in [5, 5.41) is 0. The van der Waals surface area contributed by atoms with Crippen LogP contribution in [0.1, 0.15) is 39.5 Å². The molecule has 3 unspecified atom stereocenters. The molecular weight excluding hydrogens is 230 g/mol. The monoisotopic (exact) mass is 255 g/mol. The van der Waals surface area contributed by atoms with Gasteiger partial charge in [-0.2, -0.15) is 0 Å². The molecule has 0 aromatic carbocycles. The van der Waals surface area contributed by atoms with Crippen LogP contribution in [-0.2, 0) is 9.59 Å². The third-order valence-corrected chi connectivity index (χ3v) is 3.83. The van der Waals surface area contributed by atoms with Gasteiger partial charge in [0.2, 0.25) is 11.8 Å². The molecule has 0 aliphatic carbocycles. The van der Waals surface area contributed by atoms with Crippen LogP contribution in [0.2, 0.25) is 0 Å². The number of nitrogens with two attached hydrogens (primary N) is 2. The fourth-order valence-electron chi connectivity index (χ4n) is 2.48. The number of carbonyl (C=O) groups is 2. The summed E-state index contributed by atoms with van der Waals surface area (Å²) in [6.07, 6.45) is 3.30. The van der Waals surface area contributed by atoms with Crippen LogP contribution < -0.4 is 11.5 Å². The lowest BCUT2D eigenvalue weighted by atomic mass is 9.91. The minimum absolute atomic E-state index is 0.0253. The first-order valence-corrected chi connectivity index (χ1v) is 6.77. The molecule has 18 heavy (non-hydrogen) atoms. The largest absolute Gasteiger partial charge is 0.369 e. The number of primary amides is 1. The second-order valence-corrected chi connectivity index (χ2v) is 5.35. The molecule has 2 amide bonds. The molecule has 1 aliphatic rings. The Bertz CT molecular complexity index is 307. The van der Waals surface area contributed by atoms with Gasteiger partial charge in [-0.3, -0.25) is 9.59 Å². The minimum atomic E-state index is -0.297. The zero-order chi connectivity index (χ0) is 13.7. The average Bonchev–Trinajstić information content (AvgIpc) is 2.35. The number of rotatable bonds is 5. The summed E-state index contributed by atoms with van der Waals surface area (Å²) in [7, 11) is 0. The van der Waals surface area contributed by atoms with Crippen LogP contribution in [0.25, 0.3) is 0 Å². The van der Waals surface area contributed by atoms with Crippen molar-refractivity contribution in [2.75, 3.05) is 13.1 Å². The molecule has 0 bridgehead atoms. The van der Waals surface area contributed by atoms with Gasteiger partial charge in [-0.15, -0.1) is 0 Å². The Morgan fingerprint density at radius 2 is 2.06 bits per heavy atom. The van der Waals surface area contributed by atoms with Gasteiger partial charge in [-0.1, -0.05) is 6.92 Å². The van der Waals surface area contributed by atoms with Crippen molar-refractivity contribution in [3.8, 4) is 0 Å². The second kappa shape index (κ2) is 6.73. The number of hydrogen-bond donors (Lipinski definition) is 2. The lowest BCUT2D eigenvalue weighted by Gasteiger charge is -2.38. The van der Waals surface area contributed by atoms with Crippen molar-refractivity contribution in [1.29, 1.82) is 0 Å². The topological polar surface area (TPSA) is 89.4 Å². The van der Waals surface area contributed by atoms with Gasteiger partial charge >= 0.3 is 0 Å². The Morgan fingerprint density at radius 3 is 2.61 bits per heavy atom. The minimum Gasteiger partial charge on any atom is -0.369 e. The van der Waals surface area contributed by atoms with E-state index in [1.165, 1.54) is 0 Å². The molecule has 104 valence electrons. The quantitative estimate of drug-likeness (QED) is 0.748. The van der Waals surface area contributed by atoms with E-state index in [0.717, 1.165) is 25.7 Å².